The summed E-state index contributed by atoms with van der Waals surface area (Å²) in [5.74, 6) is -0.315. The number of hydrogen-bond acceptors (Lipinski definition) is 5. The number of sulfone groups is 1. The molecule has 130 valence electrons. The predicted molar refractivity (Wildman–Crippen MR) is 101 cm³/mol. The number of hydrogen-bond donors (Lipinski definition) is 1. The number of aromatic nitrogens is 1. The SMILES string of the molecule is Cc1cccc2sc(NC(=O)c3ccc(S(=O)(=O)C(C)C)cc3)nc12. The largest absolute Gasteiger partial charge is 0.298 e. The van der Waals surface area contributed by atoms with Crippen LogP contribution in [0.25, 0.3) is 10.2 Å². The lowest BCUT2D eigenvalue weighted by Crippen LogP contribution is -2.15. The number of carbonyl (C=O) groups excluding carboxylic acids is 1. The Morgan fingerprint density at radius 3 is 2.40 bits per heavy atom. The minimum atomic E-state index is -3.34. The van der Waals surface area contributed by atoms with E-state index < -0.39 is 15.1 Å². The molecule has 2 aromatic carbocycles. The zero-order valence-corrected chi connectivity index (χ0v) is 15.7. The van der Waals surface area contributed by atoms with Gasteiger partial charge in [0.15, 0.2) is 15.0 Å². The summed E-state index contributed by atoms with van der Waals surface area (Å²) in [4.78, 5) is 17.0. The van der Waals surface area contributed by atoms with E-state index in [1.54, 1.807) is 13.8 Å². The monoisotopic (exact) mass is 374 g/mol. The van der Waals surface area contributed by atoms with Gasteiger partial charge in [-0.25, -0.2) is 13.4 Å². The van der Waals surface area contributed by atoms with Crippen LogP contribution in [0.15, 0.2) is 47.4 Å². The van der Waals surface area contributed by atoms with Crippen molar-refractivity contribution in [2.45, 2.75) is 30.9 Å². The number of aryl methyl sites for hydroxylation is 1. The minimum Gasteiger partial charge on any atom is -0.298 e. The lowest BCUT2D eigenvalue weighted by Gasteiger charge is -2.08. The second-order valence-corrected chi connectivity index (χ2v) is 9.55. The van der Waals surface area contributed by atoms with Crippen molar-refractivity contribution in [3.63, 3.8) is 0 Å². The van der Waals surface area contributed by atoms with Crippen molar-refractivity contribution in [2.75, 3.05) is 5.32 Å². The maximum Gasteiger partial charge on any atom is 0.257 e. The molecule has 0 unspecified atom stereocenters. The molecule has 0 radical (unpaired) electrons. The second kappa shape index (κ2) is 6.57. The van der Waals surface area contributed by atoms with E-state index in [2.05, 4.69) is 10.3 Å². The normalized spacial score (nSPS) is 11.8. The molecule has 0 atom stereocenters. The third-order valence-corrected chi connectivity index (χ3v) is 7.01. The van der Waals surface area contributed by atoms with Gasteiger partial charge in [0.1, 0.15) is 0 Å². The van der Waals surface area contributed by atoms with Crippen LogP contribution in [-0.4, -0.2) is 24.6 Å². The van der Waals surface area contributed by atoms with Gasteiger partial charge in [-0.15, -0.1) is 0 Å². The fraction of sp³-hybridized carbons (Fsp3) is 0.222. The number of amides is 1. The van der Waals surface area contributed by atoms with E-state index in [4.69, 9.17) is 0 Å². The number of carbonyl (C=O) groups is 1. The van der Waals surface area contributed by atoms with Gasteiger partial charge in [0.05, 0.1) is 20.4 Å². The number of rotatable bonds is 4. The van der Waals surface area contributed by atoms with Gasteiger partial charge in [0.2, 0.25) is 0 Å². The highest BCUT2D eigenvalue weighted by molar-refractivity contribution is 7.92. The summed E-state index contributed by atoms with van der Waals surface area (Å²) in [5.41, 5.74) is 2.32. The number of benzene rings is 2. The Hall–Kier alpha value is -2.25. The van der Waals surface area contributed by atoms with Gasteiger partial charge in [0.25, 0.3) is 5.91 Å². The van der Waals surface area contributed by atoms with Gasteiger partial charge in [-0.05, 0) is 56.7 Å². The minimum absolute atomic E-state index is 0.217. The molecule has 0 aliphatic heterocycles. The van der Waals surface area contributed by atoms with E-state index >= 15 is 0 Å². The van der Waals surface area contributed by atoms with Crippen LogP contribution in [0.1, 0.15) is 29.8 Å². The molecule has 0 aliphatic rings. The lowest BCUT2D eigenvalue weighted by molar-refractivity contribution is 0.102. The Morgan fingerprint density at radius 1 is 1.12 bits per heavy atom. The van der Waals surface area contributed by atoms with Crippen molar-refractivity contribution in [3.05, 3.63) is 53.6 Å². The Balaban J connectivity index is 1.82. The van der Waals surface area contributed by atoms with E-state index in [0.29, 0.717) is 10.7 Å². The first-order valence-corrected chi connectivity index (χ1v) is 10.2. The van der Waals surface area contributed by atoms with Crippen LogP contribution in [-0.2, 0) is 9.84 Å². The topological polar surface area (TPSA) is 76.1 Å². The zero-order chi connectivity index (χ0) is 18.2. The highest BCUT2D eigenvalue weighted by Crippen LogP contribution is 2.28. The van der Waals surface area contributed by atoms with E-state index in [-0.39, 0.29) is 10.8 Å². The molecule has 0 saturated carbocycles. The van der Waals surface area contributed by atoms with Crippen LogP contribution < -0.4 is 5.32 Å². The molecule has 1 heterocycles. The molecule has 0 spiro atoms. The molecule has 3 aromatic rings. The summed E-state index contributed by atoms with van der Waals surface area (Å²) < 4.78 is 25.3. The molecule has 5 nitrogen and oxygen atoms in total. The summed E-state index contributed by atoms with van der Waals surface area (Å²) in [7, 11) is -3.34. The molecule has 3 rings (SSSR count). The molecule has 1 aromatic heterocycles. The third-order valence-electron chi connectivity index (χ3n) is 3.91. The third kappa shape index (κ3) is 3.43. The molecule has 0 fully saturated rings. The standard InChI is InChI=1S/C18H18N2O3S2/c1-11(2)25(22,23)14-9-7-13(8-10-14)17(21)20-18-19-16-12(3)5-4-6-15(16)24-18/h4-11H,1-3H3,(H,19,20,21). The summed E-state index contributed by atoms with van der Waals surface area (Å²) in [6.07, 6.45) is 0. The van der Waals surface area contributed by atoms with Crippen LogP contribution >= 0.6 is 11.3 Å². The van der Waals surface area contributed by atoms with Gasteiger partial charge in [-0.1, -0.05) is 23.5 Å². The van der Waals surface area contributed by atoms with E-state index in [0.717, 1.165) is 15.8 Å². The van der Waals surface area contributed by atoms with Crippen LogP contribution in [0.3, 0.4) is 0 Å². The van der Waals surface area contributed by atoms with Gasteiger partial charge in [-0.2, -0.15) is 0 Å². The number of anilines is 1. The Kier molecular flexibility index (Phi) is 4.62. The number of fused-ring (bicyclic) bond motifs is 1. The van der Waals surface area contributed by atoms with Crippen molar-refractivity contribution in [2.24, 2.45) is 0 Å². The van der Waals surface area contributed by atoms with Crippen LogP contribution in [0.2, 0.25) is 0 Å². The van der Waals surface area contributed by atoms with Crippen LogP contribution in [0.5, 0.6) is 0 Å². The first kappa shape index (κ1) is 17.6. The molecule has 0 bridgehead atoms. The molecular weight excluding hydrogens is 356 g/mol. The molecule has 1 N–H and O–H groups in total. The van der Waals surface area contributed by atoms with Gasteiger partial charge < -0.3 is 0 Å². The zero-order valence-electron chi connectivity index (χ0n) is 14.1. The van der Waals surface area contributed by atoms with Gasteiger partial charge >= 0.3 is 0 Å². The van der Waals surface area contributed by atoms with Crippen molar-refractivity contribution < 1.29 is 13.2 Å². The Labute approximate surface area is 150 Å². The van der Waals surface area contributed by atoms with Crippen molar-refractivity contribution >= 4 is 42.4 Å². The quantitative estimate of drug-likeness (QED) is 0.748. The van der Waals surface area contributed by atoms with Crippen molar-refractivity contribution in [1.29, 1.82) is 0 Å². The molecule has 0 saturated heterocycles. The van der Waals surface area contributed by atoms with Crippen LogP contribution in [0, 0.1) is 6.92 Å². The van der Waals surface area contributed by atoms with E-state index in [1.165, 1.54) is 35.6 Å². The van der Waals surface area contributed by atoms with Gasteiger partial charge in [-0.3, -0.25) is 10.1 Å². The maximum absolute atomic E-state index is 12.4. The van der Waals surface area contributed by atoms with Crippen molar-refractivity contribution in [3.8, 4) is 0 Å². The number of para-hydroxylation sites is 1. The Morgan fingerprint density at radius 2 is 1.80 bits per heavy atom. The summed E-state index contributed by atoms with van der Waals surface area (Å²) in [6.45, 7) is 5.23. The molecular formula is C18H18N2O3S2. The first-order chi connectivity index (χ1) is 11.8. The van der Waals surface area contributed by atoms with E-state index in [1.807, 2.05) is 25.1 Å². The average molecular weight is 374 g/mol. The van der Waals surface area contributed by atoms with E-state index in [9.17, 15) is 13.2 Å². The fourth-order valence-electron chi connectivity index (χ4n) is 2.38. The number of nitrogens with zero attached hydrogens (tertiary/aromatic N) is 1. The highest BCUT2D eigenvalue weighted by atomic mass is 32.2. The number of nitrogens with one attached hydrogen (secondary N) is 1. The first-order valence-electron chi connectivity index (χ1n) is 7.80. The summed E-state index contributed by atoms with van der Waals surface area (Å²) in [6, 6.07) is 11.9. The summed E-state index contributed by atoms with van der Waals surface area (Å²) in [5, 5.41) is 2.79. The second-order valence-electron chi connectivity index (χ2n) is 6.01. The van der Waals surface area contributed by atoms with Gasteiger partial charge in [0, 0.05) is 5.56 Å². The molecule has 7 heteroatoms. The lowest BCUT2D eigenvalue weighted by atomic mass is 10.2. The smallest absolute Gasteiger partial charge is 0.257 e. The summed E-state index contributed by atoms with van der Waals surface area (Å²) >= 11 is 1.41. The highest BCUT2D eigenvalue weighted by Gasteiger charge is 2.19. The van der Waals surface area contributed by atoms with Crippen LogP contribution in [0.4, 0.5) is 5.13 Å². The average Bonchev–Trinajstić information content (AvgIpc) is 2.98. The molecule has 0 aliphatic carbocycles. The van der Waals surface area contributed by atoms with Crippen molar-refractivity contribution in [1.82, 2.24) is 4.98 Å². The fourth-order valence-corrected chi connectivity index (χ4v) is 4.38. The Bertz CT molecular complexity index is 1040. The molecule has 25 heavy (non-hydrogen) atoms. The number of thiazole rings is 1. The molecule has 1 amide bonds. The predicted octanol–water partition coefficient (Wildman–Crippen LogP) is 4.04. The maximum atomic E-state index is 12.4.